The van der Waals surface area contributed by atoms with E-state index in [0.717, 1.165) is 30.5 Å². The normalized spacial score (nSPS) is 27.5. The van der Waals surface area contributed by atoms with E-state index < -0.39 is 6.61 Å². The van der Waals surface area contributed by atoms with Gasteiger partial charge in [-0.2, -0.15) is 8.78 Å². The third-order valence-electron chi connectivity index (χ3n) is 6.53. The van der Waals surface area contributed by atoms with E-state index >= 15 is 0 Å². The van der Waals surface area contributed by atoms with E-state index in [-0.39, 0.29) is 23.7 Å². The highest BCUT2D eigenvalue weighted by molar-refractivity contribution is 5.71. The first kappa shape index (κ1) is 20.2. The van der Waals surface area contributed by atoms with Gasteiger partial charge in [-0.1, -0.05) is 0 Å². The van der Waals surface area contributed by atoms with E-state index in [9.17, 15) is 8.78 Å². The molecule has 2 atom stereocenters. The number of halogens is 2. The molecule has 0 spiro atoms. The molecule has 166 valence electrons. The van der Waals surface area contributed by atoms with Gasteiger partial charge in [0, 0.05) is 48.7 Å². The second kappa shape index (κ2) is 7.78. The second-order valence-corrected chi connectivity index (χ2v) is 8.84. The van der Waals surface area contributed by atoms with E-state index in [0.29, 0.717) is 23.9 Å². The van der Waals surface area contributed by atoms with Gasteiger partial charge in [-0.25, -0.2) is 9.97 Å². The van der Waals surface area contributed by atoms with Crippen LogP contribution in [0.25, 0.3) is 11.3 Å². The average Bonchev–Trinajstić information content (AvgIpc) is 3.32. The fourth-order valence-corrected chi connectivity index (χ4v) is 4.82. The number of hydrogen-bond acceptors (Lipinski definition) is 7. The summed E-state index contributed by atoms with van der Waals surface area (Å²) in [6.07, 6.45) is 4.10. The molecular formula is C22H27F2N5O2. The molecule has 2 aromatic rings. The molecule has 1 saturated carbocycles. The lowest BCUT2D eigenvalue weighted by atomic mass is 9.86. The van der Waals surface area contributed by atoms with Crippen LogP contribution in [0.4, 0.5) is 26.1 Å². The van der Waals surface area contributed by atoms with Crippen LogP contribution < -0.4 is 20.3 Å². The van der Waals surface area contributed by atoms with E-state index in [4.69, 9.17) is 15.5 Å². The number of nitrogen functional groups attached to an aromatic ring is 1. The van der Waals surface area contributed by atoms with Crippen molar-refractivity contribution in [3.8, 4) is 17.0 Å². The average molecular weight is 431 g/mol. The number of fused-ring (bicyclic) bond motifs is 1. The molecular weight excluding hydrogens is 404 g/mol. The van der Waals surface area contributed by atoms with Crippen molar-refractivity contribution in [1.82, 2.24) is 9.97 Å². The molecule has 0 radical (unpaired) electrons. The smallest absolute Gasteiger partial charge is 0.387 e. The van der Waals surface area contributed by atoms with Crippen molar-refractivity contribution in [3.05, 3.63) is 24.4 Å². The molecule has 4 aliphatic rings. The molecule has 7 nitrogen and oxygen atoms in total. The highest BCUT2D eigenvalue weighted by Crippen LogP contribution is 2.44. The van der Waals surface area contributed by atoms with Crippen molar-refractivity contribution < 1.29 is 18.3 Å². The van der Waals surface area contributed by atoms with Crippen LogP contribution in [0.3, 0.4) is 0 Å². The number of morpholine rings is 1. The van der Waals surface area contributed by atoms with Gasteiger partial charge in [0.1, 0.15) is 5.82 Å². The molecule has 9 heteroatoms. The number of ether oxygens (including phenoxy) is 2. The van der Waals surface area contributed by atoms with Gasteiger partial charge >= 0.3 is 6.61 Å². The van der Waals surface area contributed by atoms with Crippen molar-refractivity contribution in [1.29, 1.82) is 0 Å². The number of anilines is 3. The number of rotatable bonds is 5. The lowest BCUT2D eigenvalue weighted by Crippen LogP contribution is -2.47. The fourth-order valence-electron chi connectivity index (χ4n) is 4.82. The minimum Gasteiger partial charge on any atom is -0.431 e. The van der Waals surface area contributed by atoms with Gasteiger partial charge < -0.3 is 25.0 Å². The first-order chi connectivity index (χ1) is 14.9. The third kappa shape index (κ3) is 3.86. The Kier molecular flexibility index (Phi) is 5.08. The quantitative estimate of drug-likeness (QED) is 0.776. The summed E-state index contributed by atoms with van der Waals surface area (Å²) in [5.74, 6) is 1.44. The minimum atomic E-state index is -2.97. The van der Waals surface area contributed by atoms with Crippen molar-refractivity contribution in [2.45, 2.75) is 51.5 Å². The lowest BCUT2D eigenvalue weighted by Gasteiger charge is -2.39. The summed E-state index contributed by atoms with van der Waals surface area (Å²) in [5.41, 5.74) is 8.02. The summed E-state index contributed by atoms with van der Waals surface area (Å²) in [6, 6.07) is 6.36. The molecule has 3 aliphatic heterocycles. The fraction of sp³-hybridized carbons (Fsp3) is 0.545. The molecule has 0 unspecified atom stereocenters. The summed E-state index contributed by atoms with van der Waals surface area (Å²) < 4.78 is 35.9. The Labute approximate surface area is 180 Å². The van der Waals surface area contributed by atoms with Crippen LogP contribution in [0.1, 0.15) is 26.7 Å². The standard InChI is InChI=1S/C22H27F2N5O2/c1-12-11-30-13(2)9-28(12)17-6-18(15-5-19(31-22(23)24)21(25)26-8-15)27-20(7-17)29-10-14-3-16(29)4-14/h5-8,12-14,16,22H,3-4,9-11H2,1-2H3,(H2,25,26)/t12-,13-,14?,16?/m0/s1. The predicted octanol–water partition coefficient (Wildman–Crippen LogP) is 3.54. The third-order valence-corrected chi connectivity index (χ3v) is 6.53. The molecule has 0 aromatic carbocycles. The molecule has 2 aromatic heterocycles. The topological polar surface area (TPSA) is 76.7 Å². The Morgan fingerprint density at radius 3 is 2.68 bits per heavy atom. The summed E-state index contributed by atoms with van der Waals surface area (Å²) in [6.45, 7) is 3.66. The number of aromatic nitrogens is 2. The van der Waals surface area contributed by atoms with Gasteiger partial charge in [0.05, 0.1) is 18.4 Å². The maximum Gasteiger partial charge on any atom is 0.387 e. The van der Waals surface area contributed by atoms with Crippen LogP contribution in [0.15, 0.2) is 24.4 Å². The molecule has 0 amide bonds. The van der Waals surface area contributed by atoms with E-state index in [2.05, 4.69) is 39.4 Å². The van der Waals surface area contributed by atoms with Crippen LogP contribution >= 0.6 is 0 Å². The number of hydrogen-bond donors (Lipinski definition) is 1. The molecule has 2 N–H and O–H groups in total. The minimum absolute atomic E-state index is 0.0728. The zero-order chi connectivity index (χ0) is 21.7. The van der Waals surface area contributed by atoms with Crippen molar-refractivity contribution >= 4 is 17.3 Å². The zero-order valence-corrected chi connectivity index (χ0v) is 17.7. The summed E-state index contributed by atoms with van der Waals surface area (Å²) in [7, 11) is 0. The molecule has 5 heterocycles. The van der Waals surface area contributed by atoms with Gasteiger partial charge in [-0.3, -0.25) is 0 Å². The SMILES string of the molecule is C[C@H]1CN(c2cc(-c3cnc(N)c(OC(F)F)c3)nc(N3CC4CC3C4)c2)[C@@H](C)CO1. The molecule has 2 bridgehead atoms. The van der Waals surface area contributed by atoms with Crippen LogP contribution in [-0.4, -0.2) is 54.5 Å². The first-order valence-corrected chi connectivity index (χ1v) is 10.7. The molecule has 1 aliphatic carbocycles. The first-order valence-electron chi connectivity index (χ1n) is 10.7. The Morgan fingerprint density at radius 2 is 1.97 bits per heavy atom. The van der Waals surface area contributed by atoms with Gasteiger partial charge in [0.2, 0.25) is 0 Å². The van der Waals surface area contributed by atoms with Crippen molar-refractivity contribution in [3.63, 3.8) is 0 Å². The lowest BCUT2D eigenvalue weighted by molar-refractivity contribution is -0.0494. The molecule has 3 saturated heterocycles. The van der Waals surface area contributed by atoms with Crippen LogP contribution in [-0.2, 0) is 4.74 Å². The maximum absolute atomic E-state index is 12.8. The monoisotopic (exact) mass is 431 g/mol. The van der Waals surface area contributed by atoms with E-state index in [1.807, 2.05) is 6.07 Å². The Balaban J connectivity index is 1.56. The summed E-state index contributed by atoms with van der Waals surface area (Å²) in [4.78, 5) is 13.6. The maximum atomic E-state index is 12.8. The van der Waals surface area contributed by atoms with Gasteiger partial charge in [-0.15, -0.1) is 0 Å². The van der Waals surface area contributed by atoms with Crippen LogP contribution in [0.2, 0.25) is 0 Å². The Hall–Kier alpha value is -2.68. The summed E-state index contributed by atoms with van der Waals surface area (Å²) in [5, 5.41) is 0. The highest BCUT2D eigenvalue weighted by Gasteiger charge is 2.43. The van der Waals surface area contributed by atoms with Gasteiger partial charge in [-0.05, 0) is 44.7 Å². The van der Waals surface area contributed by atoms with E-state index in [1.165, 1.54) is 18.9 Å². The zero-order valence-electron chi connectivity index (χ0n) is 17.7. The number of nitrogens with two attached hydrogens (primary N) is 1. The van der Waals surface area contributed by atoms with Crippen molar-refractivity contribution in [2.24, 2.45) is 5.92 Å². The Bertz CT molecular complexity index is 969. The van der Waals surface area contributed by atoms with Crippen molar-refractivity contribution in [2.75, 3.05) is 35.2 Å². The van der Waals surface area contributed by atoms with Gasteiger partial charge in [0.15, 0.2) is 11.6 Å². The van der Waals surface area contributed by atoms with Gasteiger partial charge in [0.25, 0.3) is 0 Å². The number of alkyl halides is 2. The van der Waals surface area contributed by atoms with Crippen LogP contribution in [0.5, 0.6) is 5.75 Å². The second-order valence-electron chi connectivity index (χ2n) is 8.84. The molecule has 31 heavy (non-hydrogen) atoms. The predicted molar refractivity (Wildman–Crippen MR) is 115 cm³/mol. The number of nitrogens with zero attached hydrogens (tertiary/aromatic N) is 4. The highest BCUT2D eigenvalue weighted by atomic mass is 19.3. The largest absolute Gasteiger partial charge is 0.431 e. The number of pyridine rings is 2. The summed E-state index contributed by atoms with van der Waals surface area (Å²) >= 11 is 0. The Morgan fingerprint density at radius 1 is 1.16 bits per heavy atom. The van der Waals surface area contributed by atoms with Crippen LogP contribution in [0, 0.1) is 5.92 Å². The molecule has 4 fully saturated rings. The molecule has 6 rings (SSSR count). The van der Waals surface area contributed by atoms with E-state index in [1.54, 1.807) is 6.20 Å².